The quantitative estimate of drug-likeness (QED) is 0.639. The van der Waals surface area contributed by atoms with Gasteiger partial charge in [0.15, 0.2) is 6.29 Å². The number of hydrogen-bond donors (Lipinski definition) is 1. The second kappa shape index (κ2) is 4.07. The van der Waals surface area contributed by atoms with Gasteiger partial charge in [-0.15, -0.1) is 0 Å². The minimum atomic E-state index is -0.663. The summed E-state index contributed by atoms with van der Waals surface area (Å²) in [4.78, 5) is 0. The molecule has 0 bridgehead atoms. The summed E-state index contributed by atoms with van der Waals surface area (Å²) in [5.74, 6) is 0.601. The zero-order chi connectivity index (χ0) is 9.07. The van der Waals surface area contributed by atoms with Crippen LogP contribution in [0.15, 0.2) is 0 Å². The summed E-state index contributed by atoms with van der Waals surface area (Å²) in [6, 6.07) is 0. The molecule has 0 aromatic rings. The largest absolute Gasteiger partial charge is 0.368 e. The highest BCUT2D eigenvalue weighted by atomic mass is 16.6. The fraction of sp³-hybridized carbons (Fsp3) is 1.00. The summed E-state index contributed by atoms with van der Waals surface area (Å²) >= 11 is 0. The highest BCUT2D eigenvalue weighted by molar-refractivity contribution is 4.70. The standard InChI is InChI=1S/C9H20O2/c1-7(2)6-9(4,5)11-8(3)10/h7-8,10H,6H2,1-5H3. The highest BCUT2D eigenvalue weighted by Crippen LogP contribution is 2.20. The third kappa shape index (κ3) is 6.32. The molecular weight excluding hydrogens is 140 g/mol. The van der Waals surface area contributed by atoms with Gasteiger partial charge in [0.2, 0.25) is 0 Å². The minimum Gasteiger partial charge on any atom is -0.368 e. The number of aliphatic hydroxyl groups excluding tert-OH is 1. The Hall–Kier alpha value is -0.0800. The molecule has 0 aliphatic heterocycles. The molecule has 0 radical (unpaired) electrons. The smallest absolute Gasteiger partial charge is 0.152 e. The van der Waals surface area contributed by atoms with Crippen molar-refractivity contribution in [2.45, 2.75) is 52.9 Å². The van der Waals surface area contributed by atoms with Crippen LogP contribution in [-0.4, -0.2) is 17.0 Å². The van der Waals surface area contributed by atoms with Crippen LogP contribution < -0.4 is 0 Å². The molecule has 0 rings (SSSR count). The van der Waals surface area contributed by atoms with Crippen molar-refractivity contribution in [3.05, 3.63) is 0 Å². The van der Waals surface area contributed by atoms with Crippen LogP contribution in [0.25, 0.3) is 0 Å². The van der Waals surface area contributed by atoms with E-state index >= 15 is 0 Å². The van der Waals surface area contributed by atoms with E-state index in [1.807, 2.05) is 13.8 Å². The Labute approximate surface area is 69.6 Å². The maximum absolute atomic E-state index is 8.98. The Morgan fingerprint density at radius 2 is 1.73 bits per heavy atom. The molecule has 0 aromatic carbocycles. The van der Waals surface area contributed by atoms with Crippen LogP contribution in [-0.2, 0) is 4.74 Å². The number of ether oxygens (including phenoxy) is 1. The van der Waals surface area contributed by atoms with Gasteiger partial charge in [0.25, 0.3) is 0 Å². The first-order chi connectivity index (χ1) is 4.83. The van der Waals surface area contributed by atoms with E-state index in [9.17, 15) is 0 Å². The van der Waals surface area contributed by atoms with Crippen molar-refractivity contribution in [3.63, 3.8) is 0 Å². The van der Waals surface area contributed by atoms with Crippen LogP contribution >= 0.6 is 0 Å². The molecule has 1 atom stereocenters. The van der Waals surface area contributed by atoms with Crippen LogP contribution in [0.2, 0.25) is 0 Å². The Balaban J connectivity index is 3.79. The second-order valence-corrected chi connectivity index (χ2v) is 4.07. The molecule has 0 amide bonds. The summed E-state index contributed by atoms with van der Waals surface area (Å²) in [5, 5.41) is 8.98. The predicted molar refractivity (Wildman–Crippen MR) is 46.3 cm³/mol. The summed E-state index contributed by atoms with van der Waals surface area (Å²) in [6.07, 6.45) is 0.307. The second-order valence-electron chi connectivity index (χ2n) is 4.07. The van der Waals surface area contributed by atoms with Crippen molar-refractivity contribution >= 4 is 0 Å². The molecule has 0 aliphatic rings. The van der Waals surface area contributed by atoms with Gasteiger partial charge in [0.1, 0.15) is 0 Å². The minimum absolute atomic E-state index is 0.206. The van der Waals surface area contributed by atoms with Gasteiger partial charge in [0, 0.05) is 0 Å². The van der Waals surface area contributed by atoms with Crippen LogP contribution in [0, 0.1) is 5.92 Å². The molecule has 2 heteroatoms. The van der Waals surface area contributed by atoms with Crippen LogP contribution in [0.1, 0.15) is 41.0 Å². The van der Waals surface area contributed by atoms with Crippen LogP contribution in [0.5, 0.6) is 0 Å². The van der Waals surface area contributed by atoms with Gasteiger partial charge in [-0.3, -0.25) is 0 Å². The topological polar surface area (TPSA) is 29.5 Å². The SMILES string of the molecule is CC(C)CC(C)(C)OC(C)O. The maximum Gasteiger partial charge on any atom is 0.152 e. The van der Waals surface area contributed by atoms with E-state index in [0.717, 1.165) is 6.42 Å². The molecule has 0 saturated carbocycles. The van der Waals surface area contributed by atoms with Crippen molar-refractivity contribution in [1.82, 2.24) is 0 Å². The molecule has 0 aromatic heterocycles. The number of hydrogen-bond acceptors (Lipinski definition) is 2. The lowest BCUT2D eigenvalue weighted by Gasteiger charge is -2.28. The van der Waals surface area contributed by atoms with Crippen LogP contribution in [0.3, 0.4) is 0 Å². The van der Waals surface area contributed by atoms with Gasteiger partial charge >= 0.3 is 0 Å². The summed E-state index contributed by atoms with van der Waals surface area (Å²) in [6.45, 7) is 9.93. The fourth-order valence-electron chi connectivity index (χ4n) is 1.49. The van der Waals surface area contributed by atoms with E-state index < -0.39 is 6.29 Å². The molecule has 11 heavy (non-hydrogen) atoms. The fourth-order valence-corrected chi connectivity index (χ4v) is 1.49. The molecule has 1 unspecified atom stereocenters. The zero-order valence-electron chi connectivity index (χ0n) is 8.22. The first-order valence-corrected chi connectivity index (χ1v) is 4.19. The Morgan fingerprint density at radius 3 is 2.00 bits per heavy atom. The summed E-state index contributed by atoms with van der Waals surface area (Å²) in [5.41, 5.74) is -0.206. The molecule has 1 N–H and O–H groups in total. The molecule has 2 nitrogen and oxygen atoms in total. The number of rotatable bonds is 4. The van der Waals surface area contributed by atoms with E-state index in [2.05, 4.69) is 13.8 Å². The molecule has 68 valence electrons. The highest BCUT2D eigenvalue weighted by Gasteiger charge is 2.21. The maximum atomic E-state index is 8.98. The lowest BCUT2D eigenvalue weighted by Crippen LogP contribution is -2.30. The van der Waals surface area contributed by atoms with E-state index in [1.165, 1.54) is 0 Å². The van der Waals surface area contributed by atoms with Crippen LogP contribution in [0.4, 0.5) is 0 Å². The number of aliphatic hydroxyl groups is 1. The van der Waals surface area contributed by atoms with Crippen molar-refractivity contribution in [1.29, 1.82) is 0 Å². The third-order valence-electron chi connectivity index (χ3n) is 1.39. The van der Waals surface area contributed by atoms with Gasteiger partial charge < -0.3 is 9.84 Å². The average Bonchev–Trinajstić information content (AvgIpc) is 1.53. The monoisotopic (exact) mass is 160 g/mol. The lowest BCUT2D eigenvalue weighted by atomic mass is 9.96. The molecule has 0 aliphatic carbocycles. The summed E-state index contributed by atoms with van der Waals surface area (Å²) < 4.78 is 5.30. The normalized spacial score (nSPS) is 15.5. The molecule has 0 saturated heterocycles. The van der Waals surface area contributed by atoms with Gasteiger partial charge in [-0.1, -0.05) is 13.8 Å². The predicted octanol–water partition coefficient (Wildman–Crippen LogP) is 2.17. The van der Waals surface area contributed by atoms with Gasteiger partial charge in [-0.2, -0.15) is 0 Å². The van der Waals surface area contributed by atoms with Crippen molar-refractivity contribution < 1.29 is 9.84 Å². The molecular formula is C9H20O2. The molecule has 0 heterocycles. The molecule has 0 spiro atoms. The Kier molecular flexibility index (Phi) is 4.04. The van der Waals surface area contributed by atoms with Gasteiger partial charge in [-0.05, 0) is 33.1 Å². The van der Waals surface area contributed by atoms with E-state index in [4.69, 9.17) is 9.84 Å². The average molecular weight is 160 g/mol. The molecule has 0 fully saturated rings. The van der Waals surface area contributed by atoms with E-state index in [-0.39, 0.29) is 5.60 Å². The van der Waals surface area contributed by atoms with Crippen molar-refractivity contribution in [3.8, 4) is 0 Å². The first kappa shape index (κ1) is 10.9. The van der Waals surface area contributed by atoms with Gasteiger partial charge in [-0.25, -0.2) is 0 Å². The Bertz CT molecular complexity index is 94.1. The van der Waals surface area contributed by atoms with Crippen molar-refractivity contribution in [2.75, 3.05) is 0 Å². The van der Waals surface area contributed by atoms with Crippen molar-refractivity contribution in [2.24, 2.45) is 5.92 Å². The van der Waals surface area contributed by atoms with E-state index in [1.54, 1.807) is 6.92 Å². The van der Waals surface area contributed by atoms with Gasteiger partial charge in [0.05, 0.1) is 5.60 Å². The first-order valence-electron chi connectivity index (χ1n) is 4.19. The van der Waals surface area contributed by atoms with E-state index in [0.29, 0.717) is 5.92 Å². The summed E-state index contributed by atoms with van der Waals surface area (Å²) in [7, 11) is 0. The Morgan fingerprint density at radius 1 is 1.27 bits per heavy atom. The zero-order valence-corrected chi connectivity index (χ0v) is 8.22. The third-order valence-corrected chi connectivity index (χ3v) is 1.39. The lowest BCUT2D eigenvalue weighted by molar-refractivity contribution is -0.167.